The van der Waals surface area contributed by atoms with Gasteiger partial charge in [0, 0.05) is 6.61 Å². The van der Waals surface area contributed by atoms with Crippen LogP contribution in [0.15, 0.2) is 18.2 Å². The number of aromatic hydroxyl groups is 1. The van der Waals surface area contributed by atoms with Crippen LogP contribution in [0.25, 0.3) is 0 Å². The van der Waals surface area contributed by atoms with E-state index in [0.717, 1.165) is 5.56 Å². The Bertz CT molecular complexity index is 333. The van der Waals surface area contributed by atoms with Gasteiger partial charge in [0.2, 0.25) is 0 Å². The van der Waals surface area contributed by atoms with Crippen LogP contribution in [0.3, 0.4) is 0 Å². The molecule has 3 N–H and O–H groups in total. The molecule has 0 amide bonds. The molecule has 0 aliphatic heterocycles. The van der Waals surface area contributed by atoms with E-state index in [0.29, 0.717) is 12.8 Å². The Balaban J connectivity index is 2.89. The summed E-state index contributed by atoms with van der Waals surface area (Å²) in [6, 6.07) is 4.20. The van der Waals surface area contributed by atoms with Gasteiger partial charge in [-0.05, 0) is 36.6 Å². The molecule has 0 fully saturated rings. The number of aromatic carboxylic acids is 1. The van der Waals surface area contributed by atoms with Gasteiger partial charge in [-0.2, -0.15) is 0 Å². The van der Waals surface area contributed by atoms with Gasteiger partial charge < -0.3 is 15.3 Å². The summed E-state index contributed by atoms with van der Waals surface area (Å²) in [5.74, 6) is -1.12. The maximum atomic E-state index is 10.6. The molecular formula is C10H12O4. The lowest BCUT2D eigenvalue weighted by Gasteiger charge is -2.02. The number of carbonyl (C=O) groups is 1. The monoisotopic (exact) mass is 196 g/mol. The molecule has 0 saturated carbocycles. The first-order chi connectivity index (χ1) is 6.63. The predicted molar refractivity (Wildman–Crippen MR) is 50.5 cm³/mol. The molecular weight excluding hydrogens is 184 g/mol. The van der Waals surface area contributed by atoms with Gasteiger partial charge in [0.15, 0.2) is 0 Å². The lowest BCUT2D eigenvalue weighted by molar-refractivity contribution is 0.0696. The number of aliphatic hydroxyl groups excluding tert-OH is 1. The van der Waals surface area contributed by atoms with Gasteiger partial charge in [-0.3, -0.25) is 0 Å². The van der Waals surface area contributed by atoms with E-state index in [2.05, 4.69) is 0 Å². The van der Waals surface area contributed by atoms with Crippen molar-refractivity contribution >= 4 is 5.97 Å². The Labute approximate surface area is 81.4 Å². The zero-order valence-corrected chi connectivity index (χ0v) is 7.60. The normalized spacial score (nSPS) is 10.1. The molecule has 0 unspecified atom stereocenters. The molecule has 4 nitrogen and oxygen atoms in total. The number of carboxylic acid groups (broad SMARTS) is 1. The number of aryl methyl sites for hydroxylation is 1. The fourth-order valence-corrected chi connectivity index (χ4v) is 1.23. The maximum absolute atomic E-state index is 10.6. The third-order valence-electron chi connectivity index (χ3n) is 1.85. The highest BCUT2D eigenvalue weighted by molar-refractivity contribution is 5.88. The number of phenols is 1. The average Bonchev–Trinajstić information content (AvgIpc) is 2.14. The highest BCUT2D eigenvalue weighted by Crippen LogP contribution is 2.16. The third kappa shape index (κ3) is 2.74. The molecule has 0 saturated heterocycles. The first-order valence-corrected chi connectivity index (χ1v) is 4.30. The van der Waals surface area contributed by atoms with Crippen molar-refractivity contribution in [3.63, 3.8) is 0 Å². The van der Waals surface area contributed by atoms with Gasteiger partial charge in [0.1, 0.15) is 5.75 Å². The molecule has 1 aromatic rings. The Morgan fingerprint density at radius 1 is 1.29 bits per heavy atom. The maximum Gasteiger partial charge on any atom is 0.335 e. The third-order valence-corrected chi connectivity index (χ3v) is 1.85. The minimum Gasteiger partial charge on any atom is -0.508 e. The number of benzene rings is 1. The summed E-state index contributed by atoms with van der Waals surface area (Å²) in [5, 5.41) is 26.5. The molecule has 0 radical (unpaired) electrons. The molecule has 4 heteroatoms. The molecule has 1 aromatic carbocycles. The van der Waals surface area contributed by atoms with E-state index in [1.807, 2.05) is 0 Å². The minimum atomic E-state index is -1.06. The van der Waals surface area contributed by atoms with Crippen molar-refractivity contribution < 1.29 is 20.1 Å². The van der Waals surface area contributed by atoms with E-state index in [-0.39, 0.29) is 17.9 Å². The quantitative estimate of drug-likeness (QED) is 0.671. The average molecular weight is 196 g/mol. The standard InChI is InChI=1S/C10H12O4/c11-3-1-2-7-4-8(10(13)14)6-9(12)5-7/h4-6,11-12H,1-3H2,(H,13,14). The Morgan fingerprint density at radius 2 is 2.00 bits per heavy atom. The predicted octanol–water partition coefficient (Wildman–Crippen LogP) is 1.02. The van der Waals surface area contributed by atoms with Crippen LogP contribution in [0.5, 0.6) is 5.75 Å². The number of hydrogen-bond acceptors (Lipinski definition) is 3. The van der Waals surface area contributed by atoms with Gasteiger partial charge in [-0.15, -0.1) is 0 Å². The summed E-state index contributed by atoms with van der Waals surface area (Å²) < 4.78 is 0. The van der Waals surface area contributed by atoms with Gasteiger partial charge in [-0.1, -0.05) is 0 Å². The van der Waals surface area contributed by atoms with Crippen molar-refractivity contribution in [3.05, 3.63) is 29.3 Å². The molecule has 0 aliphatic rings. The summed E-state index contributed by atoms with van der Waals surface area (Å²) in [6.07, 6.45) is 1.12. The van der Waals surface area contributed by atoms with Crippen LogP contribution in [0.4, 0.5) is 0 Å². The second-order valence-electron chi connectivity index (χ2n) is 3.02. The number of phenolic OH excluding ortho intramolecular Hbond substituents is 1. The summed E-state index contributed by atoms with van der Waals surface area (Å²) >= 11 is 0. The van der Waals surface area contributed by atoms with Crippen LogP contribution >= 0.6 is 0 Å². The molecule has 0 spiro atoms. The minimum absolute atomic E-state index is 0.0536. The number of carboxylic acids is 1. The molecule has 0 aromatic heterocycles. The lowest BCUT2D eigenvalue weighted by atomic mass is 10.1. The zero-order valence-electron chi connectivity index (χ0n) is 7.60. The SMILES string of the molecule is O=C(O)c1cc(O)cc(CCCO)c1. The molecule has 76 valence electrons. The molecule has 0 bridgehead atoms. The summed E-state index contributed by atoms with van der Waals surface area (Å²) in [7, 11) is 0. The van der Waals surface area contributed by atoms with Crippen molar-refractivity contribution in [2.24, 2.45) is 0 Å². The van der Waals surface area contributed by atoms with Crippen LogP contribution in [-0.4, -0.2) is 27.9 Å². The van der Waals surface area contributed by atoms with Crippen LogP contribution < -0.4 is 0 Å². The molecule has 0 aliphatic carbocycles. The van der Waals surface area contributed by atoms with Crippen molar-refractivity contribution in [3.8, 4) is 5.75 Å². The summed E-state index contributed by atoms with van der Waals surface area (Å²) in [4.78, 5) is 10.6. The van der Waals surface area contributed by atoms with Crippen LogP contribution in [0.2, 0.25) is 0 Å². The van der Waals surface area contributed by atoms with Crippen molar-refractivity contribution in [2.45, 2.75) is 12.8 Å². The summed E-state index contributed by atoms with van der Waals surface area (Å²) in [5.41, 5.74) is 0.786. The van der Waals surface area contributed by atoms with Crippen molar-refractivity contribution in [2.75, 3.05) is 6.61 Å². The van der Waals surface area contributed by atoms with Crippen LogP contribution in [0.1, 0.15) is 22.3 Å². The summed E-state index contributed by atoms with van der Waals surface area (Å²) in [6.45, 7) is 0.0536. The molecule has 0 heterocycles. The first kappa shape index (κ1) is 10.5. The van der Waals surface area contributed by atoms with E-state index in [1.54, 1.807) is 0 Å². The second kappa shape index (κ2) is 4.62. The van der Waals surface area contributed by atoms with Crippen molar-refractivity contribution in [1.29, 1.82) is 0 Å². The fraction of sp³-hybridized carbons (Fsp3) is 0.300. The number of hydrogen-bond donors (Lipinski definition) is 3. The first-order valence-electron chi connectivity index (χ1n) is 4.30. The van der Waals surface area contributed by atoms with Crippen LogP contribution in [-0.2, 0) is 6.42 Å². The van der Waals surface area contributed by atoms with Gasteiger partial charge in [-0.25, -0.2) is 4.79 Å². The van der Waals surface area contributed by atoms with E-state index in [4.69, 9.17) is 10.2 Å². The lowest BCUT2D eigenvalue weighted by Crippen LogP contribution is -1.98. The zero-order chi connectivity index (χ0) is 10.6. The van der Waals surface area contributed by atoms with E-state index in [9.17, 15) is 9.90 Å². The largest absolute Gasteiger partial charge is 0.508 e. The van der Waals surface area contributed by atoms with Gasteiger partial charge >= 0.3 is 5.97 Å². The molecule has 1 rings (SSSR count). The second-order valence-corrected chi connectivity index (χ2v) is 3.02. The fourth-order valence-electron chi connectivity index (χ4n) is 1.23. The molecule has 14 heavy (non-hydrogen) atoms. The van der Waals surface area contributed by atoms with Gasteiger partial charge in [0.25, 0.3) is 0 Å². The van der Waals surface area contributed by atoms with Gasteiger partial charge in [0.05, 0.1) is 5.56 Å². The Morgan fingerprint density at radius 3 is 2.57 bits per heavy atom. The van der Waals surface area contributed by atoms with E-state index >= 15 is 0 Å². The Kier molecular flexibility index (Phi) is 3.48. The van der Waals surface area contributed by atoms with E-state index in [1.165, 1.54) is 18.2 Å². The Hall–Kier alpha value is -1.55. The highest BCUT2D eigenvalue weighted by Gasteiger charge is 2.06. The van der Waals surface area contributed by atoms with E-state index < -0.39 is 5.97 Å². The number of rotatable bonds is 4. The highest BCUT2D eigenvalue weighted by atomic mass is 16.4. The topological polar surface area (TPSA) is 77.8 Å². The molecule has 0 atom stereocenters. The number of aliphatic hydroxyl groups is 1. The van der Waals surface area contributed by atoms with Crippen molar-refractivity contribution in [1.82, 2.24) is 0 Å². The van der Waals surface area contributed by atoms with Crippen LogP contribution in [0, 0.1) is 0 Å². The smallest absolute Gasteiger partial charge is 0.335 e.